The molecule has 2 heterocycles. The number of rotatable bonds is 2. The second-order valence-electron chi connectivity index (χ2n) is 5.75. The molecule has 2 fully saturated rings. The highest BCUT2D eigenvalue weighted by molar-refractivity contribution is 5.81. The molecule has 0 unspecified atom stereocenters. The van der Waals surface area contributed by atoms with Crippen molar-refractivity contribution in [2.75, 3.05) is 19.7 Å². The molecule has 1 spiro atoms. The third-order valence-electron chi connectivity index (χ3n) is 3.92. The van der Waals surface area contributed by atoms with Gasteiger partial charge >= 0.3 is 0 Å². The third kappa shape index (κ3) is 3.19. The lowest BCUT2D eigenvalue weighted by Crippen LogP contribution is -2.48. The zero-order chi connectivity index (χ0) is 12.3. The van der Waals surface area contributed by atoms with Gasteiger partial charge in [0.05, 0.1) is 6.61 Å². The Balaban J connectivity index is 1.82. The van der Waals surface area contributed by atoms with Crippen molar-refractivity contribution in [3.05, 3.63) is 0 Å². The Morgan fingerprint density at radius 2 is 2.06 bits per heavy atom. The van der Waals surface area contributed by atoms with Crippen LogP contribution in [0.5, 0.6) is 0 Å². The molecule has 0 aromatic heterocycles. The van der Waals surface area contributed by atoms with Crippen LogP contribution in [0.3, 0.4) is 0 Å². The number of hydrogen-bond donors (Lipinski definition) is 2. The molecule has 2 aliphatic rings. The van der Waals surface area contributed by atoms with Gasteiger partial charge in [-0.15, -0.1) is 0 Å². The van der Waals surface area contributed by atoms with Gasteiger partial charge in [-0.05, 0) is 58.0 Å². The van der Waals surface area contributed by atoms with E-state index in [1.54, 1.807) is 0 Å². The van der Waals surface area contributed by atoms with Crippen LogP contribution in [0.4, 0.5) is 0 Å². The second kappa shape index (κ2) is 5.36. The minimum atomic E-state index is -0.224. The van der Waals surface area contributed by atoms with E-state index in [2.05, 4.69) is 10.6 Å². The van der Waals surface area contributed by atoms with Crippen molar-refractivity contribution in [1.82, 2.24) is 10.6 Å². The number of nitrogens with one attached hydrogen (secondary N) is 2. The molecule has 2 saturated heterocycles. The van der Waals surface area contributed by atoms with Crippen LogP contribution in [0.25, 0.3) is 0 Å². The van der Waals surface area contributed by atoms with Gasteiger partial charge in [0, 0.05) is 6.04 Å². The summed E-state index contributed by atoms with van der Waals surface area (Å²) in [7, 11) is 0. The van der Waals surface area contributed by atoms with Crippen LogP contribution in [0.2, 0.25) is 0 Å². The van der Waals surface area contributed by atoms with Crippen LogP contribution >= 0.6 is 0 Å². The number of carbonyl (C=O) groups is 1. The number of amides is 1. The number of piperidine rings is 1. The fourth-order valence-corrected chi connectivity index (χ4v) is 2.81. The van der Waals surface area contributed by atoms with Crippen molar-refractivity contribution in [2.45, 2.75) is 51.7 Å². The van der Waals surface area contributed by atoms with Crippen molar-refractivity contribution in [1.29, 1.82) is 0 Å². The molecule has 0 radical (unpaired) electrons. The SMILES string of the molecule is CC(C)NC(=O)[C@@H]1CCC2(CCNCC2)CO1. The first-order valence-electron chi connectivity index (χ1n) is 6.74. The molecule has 0 bridgehead atoms. The Bertz CT molecular complexity index is 263. The molecule has 2 aliphatic heterocycles. The molecule has 98 valence electrons. The first kappa shape index (κ1) is 12.8. The predicted molar refractivity (Wildman–Crippen MR) is 66.8 cm³/mol. The zero-order valence-corrected chi connectivity index (χ0v) is 10.9. The monoisotopic (exact) mass is 240 g/mol. The van der Waals surface area contributed by atoms with Gasteiger partial charge in [0.15, 0.2) is 0 Å². The van der Waals surface area contributed by atoms with E-state index in [0.717, 1.165) is 32.5 Å². The molecule has 4 heteroatoms. The molecule has 0 aliphatic carbocycles. The quantitative estimate of drug-likeness (QED) is 0.759. The summed E-state index contributed by atoms with van der Waals surface area (Å²) in [6.07, 6.45) is 4.15. The Labute approximate surface area is 103 Å². The molecule has 0 aromatic rings. The van der Waals surface area contributed by atoms with Gasteiger partial charge in [0.1, 0.15) is 6.10 Å². The molecule has 0 aromatic carbocycles. The zero-order valence-electron chi connectivity index (χ0n) is 10.9. The minimum absolute atomic E-state index is 0.0591. The van der Waals surface area contributed by atoms with Gasteiger partial charge in [-0.2, -0.15) is 0 Å². The van der Waals surface area contributed by atoms with Crippen molar-refractivity contribution >= 4 is 5.91 Å². The number of carbonyl (C=O) groups excluding carboxylic acids is 1. The number of hydrogen-bond acceptors (Lipinski definition) is 3. The van der Waals surface area contributed by atoms with Gasteiger partial charge in [0.25, 0.3) is 0 Å². The van der Waals surface area contributed by atoms with Gasteiger partial charge in [-0.25, -0.2) is 0 Å². The Morgan fingerprint density at radius 1 is 1.35 bits per heavy atom. The predicted octanol–water partition coefficient (Wildman–Crippen LogP) is 1.06. The highest BCUT2D eigenvalue weighted by Crippen LogP contribution is 2.38. The molecular formula is C13H24N2O2. The highest BCUT2D eigenvalue weighted by atomic mass is 16.5. The van der Waals surface area contributed by atoms with Crippen LogP contribution in [0.15, 0.2) is 0 Å². The minimum Gasteiger partial charge on any atom is -0.368 e. The molecule has 2 N–H and O–H groups in total. The van der Waals surface area contributed by atoms with E-state index in [1.807, 2.05) is 13.8 Å². The summed E-state index contributed by atoms with van der Waals surface area (Å²) in [4.78, 5) is 11.8. The lowest BCUT2D eigenvalue weighted by Gasteiger charge is -2.42. The maximum atomic E-state index is 11.8. The molecule has 0 saturated carbocycles. The van der Waals surface area contributed by atoms with Crippen molar-refractivity contribution in [3.8, 4) is 0 Å². The molecule has 1 atom stereocenters. The van der Waals surface area contributed by atoms with Crippen molar-refractivity contribution in [2.24, 2.45) is 5.41 Å². The van der Waals surface area contributed by atoms with Gasteiger partial charge in [-0.1, -0.05) is 0 Å². The van der Waals surface area contributed by atoms with E-state index in [0.29, 0.717) is 5.41 Å². The molecule has 2 rings (SSSR count). The normalized spacial score (nSPS) is 28.3. The van der Waals surface area contributed by atoms with Crippen LogP contribution in [0.1, 0.15) is 39.5 Å². The lowest BCUT2D eigenvalue weighted by atomic mass is 9.74. The highest BCUT2D eigenvalue weighted by Gasteiger charge is 2.38. The summed E-state index contributed by atoms with van der Waals surface area (Å²) < 4.78 is 5.79. The van der Waals surface area contributed by atoms with Crippen LogP contribution in [0, 0.1) is 5.41 Å². The van der Waals surface area contributed by atoms with Crippen molar-refractivity contribution in [3.63, 3.8) is 0 Å². The standard InChI is InChI=1S/C13H24N2O2/c1-10(2)15-12(16)11-3-4-13(9-17-11)5-7-14-8-6-13/h10-11,14H,3-9H2,1-2H3,(H,15,16)/t11-/m0/s1. The maximum absolute atomic E-state index is 11.8. The summed E-state index contributed by atoms with van der Waals surface area (Å²) in [5.41, 5.74) is 0.347. The van der Waals surface area contributed by atoms with E-state index < -0.39 is 0 Å². The fourth-order valence-electron chi connectivity index (χ4n) is 2.81. The smallest absolute Gasteiger partial charge is 0.249 e. The Morgan fingerprint density at radius 3 is 2.59 bits per heavy atom. The summed E-state index contributed by atoms with van der Waals surface area (Å²) >= 11 is 0. The van der Waals surface area contributed by atoms with Gasteiger partial charge < -0.3 is 15.4 Å². The first-order chi connectivity index (χ1) is 8.11. The van der Waals surface area contributed by atoms with Crippen LogP contribution < -0.4 is 10.6 Å². The maximum Gasteiger partial charge on any atom is 0.249 e. The lowest BCUT2D eigenvalue weighted by molar-refractivity contribution is -0.144. The van der Waals surface area contributed by atoms with E-state index in [1.165, 1.54) is 12.8 Å². The van der Waals surface area contributed by atoms with E-state index in [-0.39, 0.29) is 18.1 Å². The van der Waals surface area contributed by atoms with E-state index in [4.69, 9.17) is 4.74 Å². The van der Waals surface area contributed by atoms with E-state index in [9.17, 15) is 4.79 Å². The van der Waals surface area contributed by atoms with Gasteiger partial charge in [-0.3, -0.25) is 4.79 Å². The van der Waals surface area contributed by atoms with Crippen LogP contribution in [-0.4, -0.2) is 37.7 Å². The molecule has 17 heavy (non-hydrogen) atoms. The average molecular weight is 240 g/mol. The fraction of sp³-hybridized carbons (Fsp3) is 0.923. The Kier molecular flexibility index (Phi) is 4.05. The summed E-state index contributed by atoms with van der Waals surface area (Å²) in [6, 6.07) is 0.195. The summed E-state index contributed by atoms with van der Waals surface area (Å²) in [5.74, 6) is 0.0591. The Hall–Kier alpha value is -0.610. The second-order valence-corrected chi connectivity index (χ2v) is 5.75. The van der Waals surface area contributed by atoms with E-state index >= 15 is 0 Å². The topological polar surface area (TPSA) is 50.4 Å². The molecule has 4 nitrogen and oxygen atoms in total. The first-order valence-corrected chi connectivity index (χ1v) is 6.74. The number of ether oxygens (including phenoxy) is 1. The third-order valence-corrected chi connectivity index (χ3v) is 3.92. The van der Waals surface area contributed by atoms with Crippen LogP contribution in [-0.2, 0) is 9.53 Å². The molecular weight excluding hydrogens is 216 g/mol. The van der Waals surface area contributed by atoms with Gasteiger partial charge in [0.2, 0.25) is 5.91 Å². The van der Waals surface area contributed by atoms with Crippen molar-refractivity contribution < 1.29 is 9.53 Å². The average Bonchev–Trinajstić information content (AvgIpc) is 2.30. The largest absolute Gasteiger partial charge is 0.368 e. The summed E-state index contributed by atoms with van der Waals surface area (Å²) in [6.45, 7) is 6.90. The molecule has 1 amide bonds. The summed E-state index contributed by atoms with van der Waals surface area (Å²) in [5, 5.41) is 6.31.